The van der Waals surface area contributed by atoms with Gasteiger partial charge in [0, 0.05) is 6.54 Å². The topological polar surface area (TPSA) is 29.3 Å². The molecule has 84 valence electrons. The van der Waals surface area contributed by atoms with E-state index >= 15 is 0 Å². The molecule has 2 nitrogen and oxygen atoms in total. The maximum absolute atomic E-state index is 5.67. The average molecular weight is 219 g/mol. The number of rotatable bonds is 3. The monoisotopic (exact) mass is 218 g/mol. The highest BCUT2D eigenvalue weighted by Crippen LogP contribution is 2.38. The van der Waals surface area contributed by atoms with Crippen LogP contribution in [-0.2, 0) is 0 Å². The van der Waals surface area contributed by atoms with Gasteiger partial charge in [-0.2, -0.15) is 0 Å². The van der Waals surface area contributed by atoms with E-state index in [1.54, 1.807) is 0 Å². The quantitative estimate of drug-likeness (QED) is 0.782. The third-order valence-electron chi connectivity index (χ3n) is 3.81. The second kappa shape index (κ2) is 5.34. The van der Waals surface area contributed by atoms with Crippen LogP contribution < -0.4 is 5.73 Å². The Morgan fingerprint density at radius 1 is 1.29 bits per heavy atom. The summed E-state index contributed by atoms with van der Waals surface area (Å²) in [6.45, 7) is 7.22. The lowest BCUT2D eigenvalue weighted by Gasteiger charge is -2.31. The van der Waals surface area contributed by atoms with Gasteiger partial charge in [-0.3, -0.25) is 0 Å². The number of hydrogen-bond donors (Lipinski definition) is 1. The summed E-state index contributed by atoms with van der Waals surface area (Å²) in [4.78, 5) is 2.64. The molecule has 0 aromatic rings. The zero-order valence-corrected chi connectivity index (χ0v) is 9.93. The van der Waals surface area contributed by atoms with E-state index < -0.39 is 0 Å². The Morgan fingerprint density at radius 3 is 2.29 bits per heavy atom. The zero-order valence-electron chi connectivity index (χ0n) is 9.11. The highest BCUT2D eigenvalue weighted by atomic mass is 35.5. The summed E-state index contributed by atoms with van der Waals surface area (Å²) in [7, 11) is 0. The molecule has 0 bridgehead atoms. The third kappa shape index (κ3) is 3.11. The van der Waals surface area contributed by atoms with Crippen molar-refractivity contribution in [2.75, 3.05) is 26.2 Å². The summed E-state index contributed by atoms with van der Waals surface area (Å²) in [5, 5.41) is 0. The zero-order chi connectivity index (χ0) is 9.26. The first kappa shape index (κ1) is 12.3. The summed E-state index contributed by atoms with van der Waals surface area (Å²) < 4.78 is 0. The lowest BCUT2D eigenvalue weighted by Crippen LogP contribution is -2.37. The van der Waals surface area contributed by atoms with Crippen LogP contribution in [0.5, 0.6) is 0 Å². The molecule has 0 amide bonds. The fourth-order valence-electron chi connectivity index (χ4n) is 2.39. The Bertz CT molecular complexity index is 167. The van der Waals surface area contributed by atoms with Crippen LogP contribution in [0.25, 0.3) is 0 Å². The van der Waals surface area contributed by atoms with Crippen molar-refractivity contribution in [3.8, 4) is 0 Å². The third-order valence-corrected chi connectivity index (χ3v) is 3.81. The van der Waals surface area contributed by atoms with E-state index in [4.69, 9.17) is 5.73 Å². The second-order valence-electron chi connectivity index (χ2n) is 4.95. The average Bonchev–Trinajstić information content (AvgIpc) is 2.83. The lowest BCUT2D eigenvalue weighted by atomic mass is 9.97. The van der Waals surface area contributed by atoms with Gasteiger partial charge in [0.15, 0.2) is 0 Å². The molecule has 1 saturated heterocycles. The predicted octanol–water partition coefficient (Wildman–Crippen LogP) is 1.73. The van der Waals surface area contributed by atoms with Crippen LogP contribution in [0.4, 0.5) is 0 Å². The second-order valence-corrected chi connectivity index (χ2v) is 4.95. The van der Waals surface area contributed by atoms with E-state index in [0.29, 0.717) is 0 Å². The summed E-state index contributed by atoms with van der Waals surface area (Å²) in [5.74, 6) is 2.84. The Hall–Kier alpha value is 0.210. The summed E-state index contributed by atoms with van der Waals surface area (Å²) in [6.07, 6.45) is 4.13. The van der Waals surface area contributed by atoms with Crippen LogP contribution in [0, 0.1) is 17.8 Å². The SMILES string of the molecule is CC1CC1CN1CCC(CN)CC1.Cl. The number of hydrogen-bond acceptors (Lipinski definition) is 2. The van der Waals surface area contributed by atoms with Crippen molar-refractivity contribution in [2.45, 2.75) is 26.2 Å². The van der Waals surface area contributed by atoms with Crippen molar-refractivity contribution in [3.05, 3.63) is 0 Å². The molecule has 0 spiro atoms. The highest BCUT2D eigenvalue weighted by molar-refractivity contribution is 5.85. The van der Waals surface area contributed by atoms with Crippen molar-refractivity contribution in [1.29, 1.82) is 0 Å². The van der Waals surface area contributed by atoms with Crippen LogP contribution in [0.1, 0.15) is 26.2 Å². The van der Waals surface area contributed by atoms with E-state index in [0.717, 1.165) is 24.3 Å². The maximum atomic E-state index is 5.67. The molecule has 2 rings (SSSR count). The van der Waals surface area contributed by atoms with Gasteiger partial charge in [0.05, 0.1) is 0 Å². The minimum absolute atomic E-state index is 0. The predicted molar refractivity (Wildman–Crippen MR) is 62.7 cm³/mol. The van der Waals surface area contributed by atoms with E-state index in [-0.39, 0.29) is 12.4 Å². The lowest BCUT2D eigenvalue weighted by molar-refractivity contribution is 0.179. The molecule has 1 aliphatic heterocycles. The Kier molecular flexibility index (Phi) is 4.68. The molecule has 0 aromatic heterocycles. The van der Waals surface area contributed by atoms with Gasteiger partial charge in [0.1, 0.15) is 0 Å². The first-order chi connectivity index (χ1) is 6.29. The molecule has 2 atom stereocenters. The molecular weight excluding hydrogens is 196 g/mol. The maximum Gasteiger partial charge on any atom is 0.00123 e. The Morgan fingerprint density at radius 2 is 1.86 bits per heavy atom. The molecule has 3 heteroatoms. The van der Waals surface area contributed by atoms with Crippen molar-refractivity contribution >= 4 is 12.4 Å². The molecule has 2 fully saturated rings. The first-order valence-electron chi connectivity index (χ1n) is 5.72. The molecule has 0 aromatic carbocycles. The molecule has 1 aliphatic carbocycles. The molecule has 2 unspecified atom stereocenters. The van der Waals surface area contributed by atoms with Crippen LogP contribution >= 0.6 is 12.4 Å². The standard InChI is InChI=1S/C11H22N2.ClH/c1-9-6-11(9)8-13-4-2-10(7-12)3-5-13;/h9-11H,2-8,12H2,1H3;1H. The molecule has 2 aliphatic rings. The minimum atomic E-state index is 0. The number of piperidine rings is 1. The highest BCUT2D eigenvalue weighted by Gasteiger charge is 2.34. The minimum Gasteiger partial charge on any atom is -0.330 e. The molecule has 0 radical (unpaired) electrons. The largest absolute Gasteiger partial charge is 0.330 e. The van der Waals surface area contributed by atoms with Gasteiger partial charge in [-0.1, -0.05) is 6.92 Å². The fraction of sp³-hybridized carbons (Fsp3) is 1.00. The number of likely N-dealkylation sites (tertiary alicyclic amines) is 1. The number of halogens is 1. The molecule has 2 N–H and O–H groups in total. The van der Waals surface area contributed by atoms with Gasteiger partial charge in [0.25, 0.3) is 0 Å². The normalized spacial score (nSPS) is 33.9. The van der Waals surface area contributed by atoms with Crippen molar-refractivity contribution in [2.24, 2.45) is 23.5 Å². The van der Waals surface area contributed by atoms with Crippen LogP contribution in [0.2, 0.25) is 0 Å². The van der Waals surface area contributed by atoms with Crippen molar-refractivity contribution in [1.82, 2.24) is 4.90 Å². The van der Waals surface area contributed by atoms with Crippen molar-refractivity contribution < 1.29 is 0 Å². The van der Waals surface area contributed by atoms with Gasteiger partial charge in [-0.05, 0) is 56.7 Å². The molecule has 1 saturated carbocycles. The van der Waals surface area contributed by atoms with Crippen LogP contribution in [-0.4, -0.2) is 31.1 Å². The van der Waals surface area contributed by atoms with Gasteiger partial charge in [-0.25, -0.2) is 0 Å². The first-order valence-corrected chi connectivity index (χ1v) is 5.72. The Balaban J connectivity index is 0.000000980. The number of nitrogens with two attached hydrogens (primary N) is 1. The number of nitrogens with zero attached hydrogens (tertiary/aromatic N) is 1. The van der Waals surface area contributed by atoms with Crippen molar-refractivity contribution in [3.63, 3.8) is 0 Å². The smallest absolute Gasteiger partial charge is 0.00123 e. The van der Waals surface area contributed by atoms with E-state index in [1.807, 2.05) is 0 Å². The van der Waals surface area contributed by atoms with Gasteiger partial charge in [-0.15, -0.1) is 12.4 Å². The van der Waals surface area contributed by atoms with Gasteiger partial charge in [0.2, 0.25) is 0 Å². The fourth-order valence-corrected chi connectivity index (χ4v) is 2.39. The van der Waals surface area contributed by atoms with Crippen LogP contribution in [0.3, 0.4) is 0 Å². The van der Waals surface area contributed by atoms with E-state index in [1.165, 1.54) is 38.9 Å². The van der Waals surface area contributed by atoms with E-state index in [9.17, 15) is 0 Å². The molecule has 14 heavy (non-hydrogen) atoms. The summed E-state index contributed by atoms with van der Waals surface area (Å²) >= 11 is 0. The Labute approximate surface area is 93.6 Å². The van der Waals surface area contributed by atoms with E-state index in [2.05, 4.69) is 11.8 Å². The molecule has 1 heterocycles. The molecular formula is C11H23ClN2. The van der Waals surface area contributed by atoms with Gasteiger partial charge >= 0.3 is 0 Å². The summed E-state index contributed by atoms with van der Waals surface area (Å²) in [6, 6.07) is 0. The van der Waals surface area contributed by atoms with Gasteiger partial charge < -0.3 is 10.6 Å². The summed E-state index contributed by atoms with van der Waals surface area (Å²) in [5.41, 5.74) is 5.67. The van der Waals surface area contributed by atoms with Crippen LogP contribution in [0.15, 0.2) is 0 Å².